The highest BCUT2D eigenvalue weighted by atomic mass is 16.5. The van der Waals surface area contributed by atoms with Crippen LogP contribution in [0.2, 0.25) is 0 Å². The topological polar surface area (TPSA) is 103 Å². The van der Waals surface area contributed by atoms with Crippen LogP contribution in [0.15, 0.2) is 54.2 Å². The smallest absolute Gasteiger partial charge is 0.302 e. The van der Waals surface area contributed by atoms with Crippen LogP contribution in [0, 0.1) is 5.92 Å². The molecule has 2 aromatic rings. The maximum Gasteiger partial charge on any atom is 0.302 e. The Morgan fingerprint density at radius 2 is 1.62 bits per heavy atom. The van der Waals surface area contributed by atoms with E-state index in [1.54, 1.807) is 61.7 Å². The van der Waals surface area contributed by atoms with Gasteiger partial charge in [0.1, 0.15) is 17.2 Å². The number of benzene rings is 2. The predicted molar refractivity (Wildman–Crippen MR) is 129 cm³/mol. The molecule has 8 heteroatoms. The molecule has 2 N–H and O–H groups in total. The lowest BCUT2D eigenvalue weighted by molar-refractivity contribution is -0.141. The molecule has 0 radical (unpaired) electrons. The normalized spacial score (nSPS) is 11.0. The van der Waals surface area contributed by atoms with Gasteiger partial charge in [-0.3, -0.25) is 14.4 Å². The van der Waals surface area contributed by atoms with E-state index in [0.29, 0.717) is 41.6 Å². The zero-order valence-corrected chi connectivity index (χ0v) is 20.1. The fourth-order valence-electron chi connectivity index (χ4n) is 2.77. The summed E-state index contributed by atoms with van der Waals surface area (Å²) in [7, 11) is 1.57. The van der Waals surface area contributed by atoms with Crippen LogP contribution in [-0.2, 0) is 14.3 Å². The van der Waals surface area contributed by atoms with Gasteiger partial charge in [-0.2, -0.15) is 0 Å². The number of hydrogen-bond acceptors (Lipinski definition) is 6. The summed E-state index contributed by atoms with van der Waals surface area (Å²) in [5.74, 6) is 0.483. The quantitative estimate of drug-likeness (QED) is 0.280. The Morgan fingerprint density at radius 3 is 2.21 bits per heavy atom. The molecule has 8 nitrogen and oxygen atoms in total. The lowest BCUT2D eigenvalue weighted by atomic mass is 10.1. The molecule has 0 spiro atoms. The molecule has 0 unspecified atom stereocenters. The van der Waals surface area contributed by atoms with Crippen LogP contribution >= 0.6 is 0 Å². The van der Waals surface area contributed by atoms with Gasteiger partial charge in [0.15, 0.2) is 0 Å². The average molecular weight is 469 g/mol. The van der Waals surface area contributed by atoms with Crippen molar-refractivity contribution in [2.45, 2.75) is 27.2 Å². The van der Waals surface area contributed by atoms with Crippen LogP contribution in [-0.4, -0.2) is 44.7 Å². The molecule has 34 heavy (non-hydrogen) atoms. The second-order valence-electron chi connectivity index (χ2n) is 7.96. The highest BCUT2D eigenvalue weighted by Crippen LogP contribution is 2.16. The highest BCUT2D eigenvalue weighted by molar-refractivity contribution is 6.05. The summed E-state index contributed by atoms with van der Waals surface area (Å²) < 4.78 is 15.7. The molecular weight excluding hydrogens is 436 g/mol. The monoisotopic (exact) mass is 468 g/mol. The molecule has 0 aliphatic carbocycles. The SMILES string of the molecule is COc1ccc(/C=C(/NC(=O)c2ccc(OCC(C)C)cc2)C(=O)NCCCOC(C)=O)cc1. The van der Waals surface area contributed by atoms with Crippen LogP contribution in [0.25, 0.3) is 6.08 Å². The molecule has 0 aromatic heterocycles. The molecule has 182 valence electrons. The average Bonchev–Trinajstić information content (AvgIpc) is 2.82. The molecule has 0 saturated carbocycles. The van der Waals surface area contributed by atoms with Crippen molar-refractivity contribution >= 4 is 23.9 Å². The van der Waals surface area contributed by atoms with Crippen molar-refractivity contribution in [1.82, 2.24) is 10.6 Å². The van der Waals surface area contributed by atoms with Crippen molar-refractivity contribution in [3.63, 3.8) is 0 Å². The summed E-state index contributed by atoms with van der Waals surface area (Å²) in [6.45, 7) is 6.50. The van der Waals surface area contributed by atoms with Gasteiger partial charge in [-0.05, 0) is 60.4 Å². The number of hydrogen-bond donors (Lipinski definition) is 2. The molecule has 2 rings (SSSR count). The first kappa shape index (κ1) is 26.4. The van der Waals surface area contributed by atoms with Gasteiger partial charge in [-0.25, -0.2) is 0 Å². The lowest BCUT2D eigenvalue weighted by Crippen LogP contribution is -2.35. The fourth-order valence-corrected chi connectivity index (χ4v) is 2.77. The molecule has 0 atom stereocenters. The molecular formula is C26H32N2O6. The fraction of sp³-hybridized carbons (Fsp3) is 0.346. The number of rotatable bonds is 12. The van der Waals surface area contributed by atoms with Gasteiger partial charge in [-0.1, -0.05) is 26.0 Å². The van der Waals surface area contributed by atoms with E-state index >= 15 is 0 Å². The Hall–Kier alpha value is -3.81. The van der Waals surface area contributed by atoms with Crippen molar-refractivity contribution < 1.29 is 28.6 Å². The van der Waals surface area contributed by atoms with E-state index < -0.39 is 11.8 Å². The number of carbonyl (C=O) groups excluding carboxylic acids is 3. The van der Waals surface area contributed by atoms with Crippen LogP contribution in [0.4, 0.5) is 0 Å². The summed E-state index contributed by atoms with van der Waals surface area (Å²) in [4.78, 5) is 36.5. The van der Waals surface area contributed by atoms with Crippen LogP contribution in [0.3, 0.4) is 0 Å². The summed E-state index contributed by atoms with van der Waals surface area (Å²) in [5.41, 5.74) is 1.19. The summed E-state index contributed by atoms with van der Waals surface area (Å²) in [5, 5.41) is 5.43. The Morgan fingerprint density at radius 1 is 0.971 bits per heavy atom. The minimum atomic E-state index is -0.455. The van der Waals surface area contributed by atoms with Gasteiger partial charge < -0.3 is 24.8 Å². The van der Waals surface area contributed by atoms with Crippen molar-refractivity contribution in [1.29, 1.82) is 0 Å². The van der Waals surface area contributed by atoms with E-state index in [-0.39, 0.29) is 24.8 Å². The first-order valence-electron chi connectivity index (χ1n) is 11.1. The van der Waals surface area contributed by atoms with Crippen molar-refractivity contribution in [3.8, 4) is 11.5 Å². The standard InChI is InChI=1S/C26H32N2O6/c1-18(2)17-34-23-12-8-21(9-13-23)25(30)28-24(16-20-6-10-22(32-4)11-7-20)26(31)27-14-5-15-33-19(3)29/h6-13,16,18H,5,14-15,17H2,1-4H3,(H,27,31)(H,28,30)/b24-16+. The van der Waals surface area contributed by atoms with Crippen molar-refractivity contribution in [3.05, 3.63) is 65.4 Å². The van der Waals surface area contributed by atoms with E-state index in [1.165, 1.54) is 6.92 Å². The molecule has 0 heterocycles. The molecule has 2 amide bonds. The number of amides is 2. The summed E-state index contributed by atoms with van der Waals surface area (Å²) >= 11 is 0. The van der Waals surface area contributed by atoms with E-state index in [1.807, 2.05) is 0 Å². The zero-order valence-electron chi connectivity index (χ0n) is 20.1. The van der Waals surface area contributed by atoms with E-state index in [4.69, 9.17) is 14.2 Å². The Bertz CT molecular complexity index is 981. The van der Waals surface area contributed by atoms with Gasteiger partial charge in [0.05, 0.1) is 20.3 Å². The van der Waals surface area contributed by atoms with E-state index in [0.717, 1.165) is 0 Å². The van der Waals surface area contributed by atoms with Gasteiger partial charge in [0.25, 0.3) is 11.8 Å². The highest BCUT2D eigenvalue weighted by Gasteiger charge is 2.15. The van der Waals surface area contributed by atoms with E-state index in [2.05, 4.69) is 24.5 Å². The molecule has 0 aliphatic rings. The van der Waals surface area contributed by atoms with Gasteiger partial charge >= 0.3 is 5.97 Å². The molecule has 0 saturated heterocycles. The largest absolute Gasteiger partial charge is 0.497 e. The Balaban J connectivity index is 2.11. The zero-order chi connectivity index (χ0) is 24.9. The maximum atomic E-state index is 12.8. The van der Waals surface area contributed by atoms with Crippen molar-refractivity contribution in [2.75, 3.05) is 26.9 Å². The van der Waals surface area contributed by atoms with Gasteiger partial charge in [-0.15, -0.1) is 0 Å². The minimum absolute atomic E-state index is 0.0859. The lowest BCUT2D eigenvalue weighted by Gasteiger charge is -2.12. The van der Waals surface area contributed by atoms with Crippen molar-refractivity contribution in [2.24, 2.45) is 5.92 Å². The molecule has 0 aliphatic heterocycles. The third-order valence-corrected chi connectivity index (χ3v) is 4.53. The Labute approximate surface area is 200 Å². The maximum absolute atomic E-state index is 12.8. The second-order valence-corrected chi connectivity index (χ2v) is 7.96. The van der Waals surface area contributed by atoms with Gasteiger partial charge in [0, 0.05) is 19.0 Å². The Kier molecular flexibility index (Phi) is 10.6. The summed E-state index contributed by atoms with van der Waals surface area (Å²) in [6.07, 6.45) is 2.03. The third kappa shape index (κ3) is 9.36. The number of ether oxygens (including phenoxy) is 3. The second kappa shape index (κ2) is 13.7. The molecule has 0 bridgehead atoms. The van der Waals surface area contributed by atoms with E-state index in [9.17, 15) is 14.4 Å². The summed E-state index contributed by atoms with van der Waals surface area (Å²) in [6, 6.07) is 13.8. The number of nitrogens with one attached hydrogen (secondary N) is 2. The number of methoxy groups -OCH3 is 1. The molecule has 2 aromatic carbocycles. The van der Waals surface area contributed by atoms with Gasteiger partial charge in [0.2, 0.25) is 0 Å². The van der Waals surface area contributed by atoms with Crippen LogP contribution in [0.1, 0.15) is 43.1 Å². The predicted octanol–water partition coefficient (Wildman–Crippen LogP) is 3.57. The first-order valence-corrected chi connectivity index (χ1v) is 11.1. The van der Waals surface area contributed by atoms with Crippen LogP contribution < -0.4 is 20.1 Å². The number of esters is 1. The molecule has 0 fully saturated rings. The number of carbonyl (C=O) groups is 3. The minimum Gasteiger partial charge on any atom is -0.497 e. The van der Waals surface area contributed by atoms with Crippen LogP contribution in [0.5, 0.6) is 11.5 Å². The third-order valence-electron chi connectivity index (χ3n) is 4.53. The first-order chi connectivity index (χ1) is 16.3.